The molecule has 3 aromatic rings. The maximum absolute atomic E-state index is 14.2. The molecule has 12 heteroatoms. The van der Waals surface area contributed by atoms with Gasteiger partial charge in [0, 0.05) is 17.4 Å². The first kappa shape index (κ1) is 22.7. The Labute approximate surface area is 183 Å². The molecule has 0 unspecified atom stereocenters. The van der Waals surface area contributed by atoms with Gasteiger partial charge in [0.15, 0.2) is 11.6 Å². The molecule has 0 atom stereocenters. The Bertz CT molecular complexity index is 1250. The Hall–Kier alpha value is -3.95. The molecular formula is C20H19FN6O4S. The molecule has 0 saturated heterocycles. The fourth-order valence-corrected chi connectivity index (χ4v) is 3.29. The van der Waals surface area contributed by atoms with Crippen molar-refractivity contribution in [3.8, 4) is 17.6 Å². The van der Waals surface area contributed by atoms with E-state index in [2.05, 4.69) is 20.6 Å². The summed E-state index contributed by atoms with van der Waals surface area (Å²) in [5.41, 5.74) is 0.964. The molecule has 0 aliphatic carbocycles. The van der Waals surface area contributed by atoms with Gasteiger partial charge in [-0.1, -0.05) is 0 Å². The van der Waals surface area contributed by atoms with E-state index in [4.69, 9.17) is 19.9 Å². The van der Waals surface area contributed by atoms with Crippen LogP contribution in [0.4, 0.5) is 27.5 Å². The topological polar surface area (TPSA) is 152 Å². The second kappa shape index (κ2) is 9.90. The second-order valence-electron chi connectivity index (χ2n) is 6.33. The molecule has 32 heavy (non-hydrogen) atoms. The highest BCUT2D eigenvalue weighted by molar-refractivity contribution is 7.89. The molecule has 1 aromatic heterocycles. The van der Waals surface area contributed by atoms with E-state index in [1.54, 1.807) is 24.3 Å². The summed E-state index contributed by atoms with van der Waals surface area (Å²) >= 11 is 0. The SMILES string of the molecule is COc1cc(Nc2ncc(F)c(Nc3ccc(OCCC#N)cc3)n2)ccc1S(N)(=O)=O. The maximum Gasteiger partial charge on any atom is 0.241 e. The Kier molecular flexibility index (Phi) is 7.04. The fourth-order valence-electron chi connectivity index (χ4n) is 2.61. The molecule has 0 aliphatic rings. The van der Waals surface area contributed by atoms with Crippen molar-refractivity contribution in [2.45, 2.75) is 11.3 Å². The van der Waals surface area contributed by atoms with Crippen LogP contribution in [0.3, 0.4) is 0 Å². The molecule has 166 valence electrons. The average molecular weight is 458 g/mol. The highest BCUT2D eigenvalue weighted by Crippen LogP contribution is 2.28. The van der Waals surface area contributed by atoms with Crippen molar-refractivity contribution in [2.75, 3.05) is 24.4 Å². The molecule has 0 radical (unpaired) electrons. The number of halogens is 1. The van der Waals surface area contributed by atoms with Gasteiger partial charge in [-0.3, -0.25) is 0 Å². The molecule has 0 spiro atoms. The minimum absolute atomic E-state index is 0.0371. The zero-order chi connectivity index (χ0) is 23.1. The van der Waals surface area contributed by atoms with Crippen LogP contribution in [-0.4, -0.2) is 32.1 Å². The van der Waals surface area contributed by atoms with Gasteiger partial charge in [0.1, 0.15) is 23.0 Å². The van der Waals surface area contributed by atoms with Gasteiger partial charge in [0.05, 0.1) is 25.8 Å². The molecule has 0 saturated carbocycles. The number of primary sulfonamides is 1. The summed E-state index contributed by atoms with van der Waals surface area (Å²) in [6.45, 7) is 0.280. The third kappa shape index (κ3) is 5.81. The lowest BCUT2D eigenvalue weighted by atomic mass is 10.3. The highest BCUT2D eigenvalue weighted by atomic mass is 32.2. The number of nitriles is 1. The van der Waals surface area contributed by atoms with Crippen LogP contribution < -0.4 is 25.2 Å². The van der Waals surface area contributed by atoms with Crippen molar-refractivity contribution in [3.05, 3.63) is 54.5 Å². The third-order valence-electron chi connectivity index (χ3n) is 4.07. The molecule has 0 amide bonds. The average Bonchev–Trinajstić information content (AvgIpc) is 2.76. The summed E-state index contributed by atoms with van der Waals surface area (Å²) < 4.78 is 47.9. The number of nitrogens with two attached hydrogens (primary N) is 1. The second-order valence-corrected chi connectivity index (χ2v) is 7.86. The number of ether oxygens (including phenoxy) is 2. The Morgan fingerprint density at radius 1 is 1.16 bits per heavy atom. The minimum Gasteiger partial charge on any atom is -0.495 e. The van der Waals surface area contributed by atoms with E-state index in [0.717, 1.165) is 6.20 Å². The van der Waals surface area contributed by atoms with Gasteiger partial charge in [-0.05, 0) is 36.4 Å². The smallest absolute Gasteiger partial charge is 0.241 e. The zero-order valence-corrected chi connectivity index (χ0v) is 17.7. The van der Waals surface area contributed by atoms with Crippen molar-refractivity contribution < 1.29 is 22.3 Å². The van der Waals surface area contributed by atoms with Gasteiger partial charge >= 0.3 is 0 Å². The number of sulfonamides is 1. The fraction of sp³-hybridized carbons (Fsp3) is 0.150. The molecule has 1 heterocycles. The lowest BCUT2D eigenvalue weighted by Crippen LogP contribution is -2.13. The van der Waals surface area contributed by atoms with Crippen LogP contribution >= 0.6 is 0 Å². The molecule has 2 aromatic carbocycles. The Balaban J connectivity index is 1.75. The summed E-state index contributed by atoms with van der Waals surface area (Å²) in [4.78, 5) is 7.83. The first-order chi connectivity index (χ1) is 15.3. The van der Waals surface area contributed by atoms with Gasteiger partial charge < -0.3 is 20.1 Å². The number of anilines is 4. The lowest BCUT2D eigenvalue weighted by Gasteiger charge is -2.12. The number of rotatable bonds is 9. The standard InChI is InChI=1S/C20H19FN6O4S/c1-30-17-11-14(5-8-18(17)32(23,28)29)26-20-24-12-16(21)19(27-20)25-13-3-6-15(7-4-13)31-10-2-9-22/h3-8,11-12H,2,10H2,1H3,(H2,23,28,29)(H2,24,25,26,27). The summed E-state index contributed by atoms with van der Waals surface area (Å²) in [6.07, 6.45) is 1.27. The number of methoxy groups -OCH3 is 1. The van der Waals surface area contributed by atoms with Crippen molar-refractivity contribution in [2.24, 2.45) is 5.14 Å². The van der Waals surface area contributed by atoms with Crippen LogP contribution in [0.25, 0.3) is 0 Å². The monoisotopic (exact) mass is 458 g/mol. The van der Waals surface area contributed by atoms with Crippen molar-refractivity contribution in [1.29, 1.82) is 5.26 Å². The van der Waals surface area contributed by atoms with Crippen LogP contribution in [0.15, 0.2) is 53.6 Å². The first-order valence-electron chi connectivity index (χ1n) is 9.17. The van der Waals surface area contributed by atoms with Crippen LogP contribution in [-0.2, 0) is 10.0 Å². The minimum atomic E-state index is -3.96. The van der Waals surface area contributed by atoms with E-state index in [0.29, 0.717) is 17.1 Å². The Morgan fingerprint density at radius 2 is 1.88 bits per heavy atom. The summed E-state index contributed by atoms with van der Waals surface area (Å²) in [6, 6.07) is 12.8. The quantitative estimate of drug-likeness (QED) is 0.411. The number of aromatic nitrogens is 2. The summed E-state index contributed by atoms with van der Waals surface area (Å²) in [5.74, 6) is -0.0696. The van der Waals surface area contributed by atoms with E-state index in [1.807, 2.05) is 6.07 Å². The van der Waals surface area contributed by atoms with Crippen LogP contribution in [0.1, 0.15) is 6.42 Å². The van der Waals surface area contributed by atoms with E-state index in [-0.39, 0.29) is 35.4 Å². The molecule has 3 rings (SSSR count). The van der Waals surface area contributed by atoms with E-state index >= 15 is 0 Å². The molecule has 0 bridgehead atoms. The number of benzene rings is 2. The predicted octanol–water partition coefficient (Wildman–Crippen LogP) is 3.05. The third-order valence-corrected chi connectivity index (χ3v) is 5.02. The maximum atomic E-state index is 14.2. The molecule has 0 fully saturated rings. The molecule has 0 aliphatic heterocycles. The van der Waals surface area contributed by atoms with Gasteiger partial charge in [-0.15, -0.1) is 0 Å². The molecule has 10 nitrogen and oxygen atoms in total. The normalized spacial score (nSPS) is 10.8. The highest BCUT2D eigenvalue weighted by Gasteiger charge is 2.16. The van der Waals surface area contributed by atoms with E-state index in [9.17, 15) is 12.8 Å². The van der Waals surface area contributed by atoms with Gasteiger partial charge in [0.2, 0.25) is 16.0 Å². The number of nitrogens with one attached hydrogen (secondary N) is 2. The van der Waals surface area contributed by atoms with Crippen LogP contribution in [0.5, 0.6) is 11.5 Å². The van der Waals surface area contributed by atoms with Crippen LogP contribution in [0, 0.1) is 17.1 Å². The van der Waals surface area contributed by atoms with Gasteiger partial charge in [-0.2, -0.15) is 10.2 Å². The van der Waals surface area contributed by atoms with Crippen molar-refractivity contribution in [1.82, 2.24) is 9.97 Å². The van der Waals surface area contributed by atoms with Crippen molar-refractivity contribution in [3.63, 3.8) is 0 Å². The van der Waals surface area contributed by atoms with Gasteiger partial charge in [0.25, 0.3) is 0 Å². The van der Waals surface area contributed by atoms with Crippen molar-refractivity contribution >= 4 is 33.2 Å². The number of hydrogen-bond acceptors (Lipinski definition) is 9. The molecular weight excluding hydrogens is 439 g/mol. The summed E-state index contributed by atoms with van der Waals surface area (Å²) in [7, 11) is -2.65. The predicted molar refractivity (Wildman–Crippen MR) is 115 cm³/mol. The summed E-state index contributed by atoms with van der Waals surface area (Å²) in [5, 5.41) is 19.4. The number of hydrogen-bond donors (Lipinski definition) is 3. The van der Waals surface area contributed by atoms with E-state index in [1.165, 1.54) is 25.3 Å². The Morgan fingerprint density at radius 3 is 2.53 bits per heavy atom. The molecule has 4 N–H and O–H groups in total. The first-order valence-corrected chi connectivity index (χ1v) is 10.7. The number of nitrogens with zero attached hydrogens (tertiary/aromatic N) is 3. The largest absolute Gasteiger partial charge is 0.495 e. The van der Waals surface area contributed by atoms with Crippen LogP contribution in [0.2, 0.25) is 0 Å². The van der Waals surface area contributed by atoms with Gasteiger partial charge in [-0.25, -0.2) is 22.9 Å². The zero-order valence-electron chi connectivity index (χ0n) is 16.9. The lowest BCUT2D eigenvalue weighted by molar-refractivity contribution is 0.326. The van der Waals surface area contributed by atoms with E-state index < -0.39 is 15.8 Å².